The zero-order valence-electron chi connectivity index (χ0n) is 17.0. The number of methoxy groups -OCH3 is 2. The molecule has 0 aromatic heterocycles. The van der Waals surface area contributed by atoms with Crippen molar-refractivity contribution in [1.82, 2.24) is 4.31 Å². The van der Waals surface area contributed by atoms with E-state index in [0.29, 0.717) is 56.3 Å². The Hall–Kier alpha value is -2.62. The molecule has 0 radical (unpaired) electrons. The molecule has 2 aromatic carbocycles. The lowest BCUT2D eigenvalue weighted by atomic mass is 10.1. The molecule has 0 bridgehead atoms. The molecule has 0 unspecified atom stereocenters. The Labute approximate surface area is 176 Å². The number of fused-ring (bicyclic) bond motifs is 1. The van der Waals surface area contributed by atoms with E-state index in [1.54, 1.807) is 48.4 Å². The van der Waals surface area contributed by atoms with Crippen LogP contribution in [-0.2, 0) is 21.2 Å². The number of hydrogen-bond donors (Lipinski definition) is 0. The first-order valence-corrected chi connectivity index (χ1v) is 11.1. The van der Waals surface area contributed by atoms with Crippen molar-refractivity contribution in [2.24, 2.45) is 0 Å². The summed E-state index contributed by atoms with van der Waals surface area (Å²) < 4.78 is 43.1. The molecule has 0 aliphatic carbocycles. The van der Waals surface area contributed by atoms with E-state index in [2.05, 4.69) is 0 Å². The topological polar surface area (TPSA) is 85.4 Å². The first kappa shape index (κ1) is 20.6. The Morgan fingerprint density at radius 2 is 1.77 bits per heavy atom. The van der Waals surface area contributed by atoms with Crippen molar-refractivity contribution in [3.8, 4) is 11.5 Å². The van der Waals surface area contributed by atoms with Gasteiger partial charge >= 0.3 is 0 Å². The van der Waals surface area contributed by atoms with Crippen LogP contribution in [0.2, 0.25) is 0 Å². The lowest BCUT2D eigenvalue weighted by molar-refractivity contribution is 0.0730. The van der Waals surface area contributed by atoms with Crippen molar-refractivity contribution < 1.29 is 27.4 Å². The number of morpholine rings is 1. The van der Waals surface area contributed by atoms with Gasteiger partial charge in [-0.2, -0.15) is 4.31 Å². The minimum Gasteiger partial charge on any atom is -0.497 e. The van der Waals surface area contributed by atoms with Crippen molar-refractivity contribution in [2.75, 3.05) is 52.0 Å². The number of ether oxygens (including phenoxy) is 3. The molecule has 0 N–H and O–H groups in total. The van der Waals surface area contributed by atoms with Crippen LogP contribution in [0.15, 0.2) is 41.3 Å². The van der Waals surface area contributed by atoms with E-state index in [1.807, 2.05) is 0 Å². The van der Waals surface area contributed by atoms with Crippen LogP contribution in [0.3, 0.4) is 0 Å². The van der Waals surface area contributed by atoms with Gasteiger partial charge in [-0.05, 0) is 42.3 Å². The van der Waals surface area contributed by atoms with Gasteiger partial charge in [-0.15, -0.1) is 0 Å². The third kappa shape index (κ3) is 3.64. The van der Waals surface area contributed by atoms with Crippen LogP contribution in [-0.4, -0.2) is 65.7 Å². The zero-order valence-corrected chi connectivity index (χ0v) is 17.8. The number of amides is 1. The molecular weight excluding hydrogens is 408 g/mol. The fourth-order valence-electron chi connectivity index (χ4n) is 3.81. The average molecular weight is 432 g/mol. The maximum Gasteiger partial charge on any atom is 0.262 e. The normalized spacial score (nSPS) is 16.9. The van der Waals surface area contributed by atoms with Crippen molar-refractivity contribution in [1.29, 1.82) is 0 Å². The molecule has 160 valence electrons. The monoisotopic (exact) mass is 432 g/mol. The van der Waals surface area contributed by atoms with Crippen molar-refractivity contribution in [3.05, 3.63) is 47.5 Å². The highest BCUT2D eigenvalue weighted by Gasteiger charge is 2.31. The molecule has 1 saturated heterocycles. The molecule has 2 aliphatic heterocycles. The smallest absolute Gasteiger partial charge is 0.262 e. The van der Waals surface area contributed by atoms with Gasteiger partial charge in [0.15, 0.2) is 0 Å². The highest BCUT2D eigenvalue weighted by molar-refractivity contribution is 7.89. The third-order valence-corrected chi connectivity index (χ3v) is 7.33. The maximum atomic E-state index is 13.2. The number of hydrogen-bond acceptors (Lipinski definition) is 6. The summed E-state index contributed by atoms with van der Waals surface area (Å²) in [6, 6.07) is 10.0. The summed E-state index contributed by atoms with van der Waals surface area (Å²) in [6.07, 6.45) is 0.589. The van der Waals surface area contributed by atoms with E-state index in [4.69, 9.17) is 14.2 Å². The van der Waals surface area contributed by atoms with Gasteiger partial charge in [0.1, 0.15) is 11.5 Å². The molecule has 1 amide bonds. The number of nitrogens with zero attached hydrogens (tertiary/aromatic N) is 2. The average Bonchev–Trinajstić information content (AvgIpc) is 3.22. The molecular formula is C21H24N2O6S. The predicted octanol–water partition coefficient (Wildman–Crippen LogP) is 1.93. The van der Waals surface area contributed by atoms with E-state index >= 15 is 0 Å². The molecule has 9 heteroatoms. The molecule has 30 heavy (non-hydrogen) atoms. The predicted molar refractivity (Wildman–Crippen MR) is 111 cm³/mol. The Kier molecular flexibility index (Phi) is 5.68. The standard InChI is InChI=1S/C21H24N2O6S/c1-27-16-3-5-18(20(14-16)28-2)21(24)23-8-7-15-13-17(4-6-19(15)23)30(25,26)22-9-11-29-12-10-22/h3-6,13-14H,7-12H2,1-2H3. The first-order valence-electron chi connectivity index (χ1n) is 9.70. The van der Waals surface area contributed by atoms with Gasteiger partial charge in [-0.25, -0.2) is 8.42 Å². The van der Waals surface area contributed by atoms with Crippen LogP contribution in [0, 0.1) is 0 Å². The fourth-order valence-corrected chi connectivity index (χ4v) is 5.27. The van der Waals surface area contributed by atoms with E-state index in [-0.39, 0.29) is 10.8 Å². The molecule has 8 nitrogen and oxygen atoms in total. The lowest BCUT2D eigenvalue weighted by Gasteiger charge is -2.26. The molecule has 2 aliphatic rings. The first-order chi connectivity index (χ1) is 14.5. The second kappa shape index (κ2) is 8.25. The van der Waals surface area contributed by atoms with Gasteiger partial charge in [0.25, 0.3) is 5.91 Å². The number of carbonyl (C=O) groups is 1. The van der Waals surface area contributed by atoms with Crippen LogP contribution in [0.4, 0.5) is 5.69 Å². The number of sulfonamides is 1. The number of carbonyl (C=O) groups excluding carboxylic acids is 1. The summed E-state index contributed by atoms with van der Waals surface area (Å²) in [7, 11) is -0.519. The second-order valence-electron chi connectivity index (χ2n) is 7.08. The summed E-state index contributed by atoms with van der Waals surface area (Å²) in [5, 5.41) is 0. The minimum absolute atomic E-state index is 0.197. The van der Waals surface area contributed by atoms with Gasteiger partial charge in [0.05, 0.1) is 37.9 Å². The largest absolute Gasteiger partial charge is 0.497 e. The van der Waals surface area contributed by atoms with E-state index < -0.39 is 10.0 Å². The summed E-state index contributed by atoms with van der Waals surface area (Å²) in [5.74, 6) is 0.833. The Balaban J connectivity index is 1.62. The summed E-state index contributed by atoms with van der Waals surface area (Å²) >= 11 is 0. The van der Waals surface area contributed by atoms with E-state index in [0.717, 1.165) is 11.3 Å². The van der Waals surface area contributed by atoms with Crippen molar-refractivity contribution in [3.63, 3.8) is 0 Å². The zero-order chi connectivity index (χ0) is 21.3. The molecule has 2 heterocycles. The maximum absolute atomic E-state index is 13.2. The Bertz CT molecular complexity index is 1060. The van der Waals surface area contributed by atoms with Crippen LogP contribution in [0.25, 0.3) is 0 Å². The van der Waals surface area contributed by atoms with Crippen molar-refractivity contribution in [2.45, 2.75) is 11.3 Å². The van der Waals surface area contributed by atoms with Crippen LogP contribution in [0.1, 0.15) is 15.9 Å². The fraction of sp³-hybridized carbons (Fsp3) is 0.381. The van der Waals surface area contributed by atoms with Gasteiger partial charge in [-0.1, -0.05) is 0 Å². The van der Waals surface area contributed by atoms with Crippen molar-refractivity contribution >= 4 is 21.6 Å². The molecule has 4 rings (SSSR count). The van der Waals surface area contributed by atoms with Gasteiger partial charge in [0, 0.05) is 31.4 Å². The summed E-state index contributed by atoms with van der Waals surface area (Å²) in [6.45, 7) is 1.97. The van der Waals surface area contributed by atoms with Crippen LogP contribution < -0.4 is 14.4 Å². The molecule has 0 atom stereocenters. The molecule has 1 fully saturated rings. The van der Waals surface area contributed by atoms with Gasteiger partial charge < -0.3 is 19.1 Å². The minimum atomic E-state index is -3.58. The molecule has 2 aromatic rings. The van der Waals surface area contributed by atoms with Gasteiger partial charge in [0.2, 0.25) is 10.0 Å². The lowest BCUT2D eigenvalue weighted by Crippen LogP contribution is -2.40. The third-order valence-electron chi connectivity index (χ3n) is 5.44. The van der Waals surface area contributed by atoms with Crippen LogP contribution >= 0.6 is 0 Å². The Morgan fingerprint density at radius 3 is 2.47 bits per heavy atom. The van der Waals surface area contributed by atoms with Gasteiger partial charge in [-0.3, -0.25) is 4.79 Å². The SMILES string of the molecule is COc1ccc(C(=O)N2CCc3cc(S(=O)(=O)N4CCOCC4)ccc32)c(OC)c1. The Morgan fingerprint density at radius 1 is 1.00 bits per heavy atom. The quantitative estimate of drug-likeness (QED) is 0.718. The summed E-state index contributed by atoms with van der Waals surface area (Å²) in [4.78, 5) is 15.1. The van der Waals surface area contributed by atoms with E-state index in [1.165, 1.54) is 11.4 Å². The molecule has 0 spiro atoms. The number of benzene rings is 2. The second-order valence-corrected chi connectivity index (χ2v) is 9.02. The highest BCUT2D eigenvalue weighted by Crippen LogP contribution is 2.34. The summed E-state index contributed by atoms with van der Waals surface area (Å²) in [5.41, 5.74) is 1.99. The van der Waals surface area contributed by atoms with Crippen LogP contribution in [0.5, 0.6) is 11.5 Å². The number of rotatable bonds is 5. The van der Waals surface area contributed by atoms with E-state index in [9.17, 15) is 13.2 Å². The molecule has 0 saturated carbocycles. The number of anilines is 1. The highest BCUT2D eigenvalue weighted by atomic mass is 32.2.